The van der Waals surface area contributed by atoms with Crippen molar-refractivity contribution in [1.29, 1.82) is 0 Å². The standard InChI is InChI=1S/C9H10N2O4/c12-8(7-1-3-10-15-7)11-4-2-6(5-11)9(13)14/h1,3,6H,2,4-5H2,(H,13,14). The van der Waals surface area contributed by atoms with E-state index in [9.17, 15) is 9.59 Å². The number of carboxylic acid groups (broad SMARTS) is 1. The Kier molecular flexibility index (Phi) is 2.40. The van der Waals surface area contributed by atoms with Gasteiger partial charge < -0.3 is 14.5 Å². The number of aromatic nitrogens is 1. The molecular weight excluding hydrogens is 200 g/mol. The fraction of sp³-hybridized carbons (Fsp3) is 0.444. The molecule has 15 heavy (non-hydrogen) atoms. The summed E-state index contributed by atoms with van der Waals surface area (Å²) in [7, 11) is 0. The summed E-state index contributed by atoms with van der Waals surface area (Å²) >= 11 is 0. The monoisotopic (exact) mass is 210 g/mol. The van der Waals surface area contributed by atoms with E-state index in [0.29, 0.717) is 13.0 Å². The predicted octanol–water partition coefficient (Wildman–Crippen LogP) is 0.221. The van der Waals surface area contributed by atoms with Gasteiger partial charge in [-0.2, -0.15) is 0 Å². The average Bonchev–Trinajstić information content (AvgIpc) is 2.88. The minimum absolute atomic E-state index is 0.154. The van der Waals surface area contributed by atoms with Gasteiger partial charge in [0, 0.05) is 19.2 Å². The molecule has 1 aliphatic rings. The van der Waals surface area contributed by atoms with Gasteiger partial charge in [0.05, 0.1) is 12.1 Å². The smallest absolute Gasteiger partial charge is 0.308 e. The second kappa shape index (κ2) is 3.72. The van der Waals surface area contributed by atoms with Crippen molar-refractivity contribution in [1.82, 2.24) is 10.1 Å². The number of nitrogens with zero attached hydrogens (tertiary/aromatic N) is 2. The molecule has 6 heteroatoms. The molecule has 1 aromatic heterocycles. The third-order valence-corrected chi connectivity index (χ3v) is 2.47. The van der Waals surface area contributed by atoms with E-state index in [1.54, 1.807) is 0 Å². The number of hydrogen-bond donors (Lipinski definition) is 1. The Bertz CT molecular complexity index is 373. The Hall–Kier alpha value is -1.85. The molecule has 1 amide bonds. The number of rotatable bonds is 2. The second-order valence-electron chi connectivity index (χ2n) is 3.45. The van der Waals surface area contributed by atoms with Gasteiger partial charge in [0.2, 0.25) is 5.76 Å². The Balaban J connectivity index is 2.02. The molecule has 2 heterocycles. The van der Waals surface area contributed by atoms with Crippen molar-refractivity contribution in [3.05, 3.63) is 18.0 Å². The highest BCUT2D eigenvalue weighted by atomic mass is 16.5. The van der Waals surface area contributed by atoms with E-state index in [4.69, 9.17) is 9.63 Å². The van der Waals surface area contributed by atoms with E-state index < -0.39 is 11.9 Å². The summed E-state index contributed by atoms with van der Waals surface area (Å²) in [5.74, 6) is -1.46. The Labute approximate surface area is 85.5 Å². The van der Waals surface area contributed by atoms with Crippen LogP contribution in [0.25, 0.3) is 0 Å². The van der Waals surface area contributed by atoms with Gasteiger partial charge in [-0.1, -0.05) is 5.16 Å². The maximum atomic E-state index is 11.7. The molecule has 1 fully saturated rings. The lowest BCUT2D eigenvalue weighted by atomic mass is 10.1. The summed E-state index contributed by atoms with van der Waals surface area (Å²) in [6.45, 7) is 0.700. The molecule has 0 radical (unpaired) electrons. The Morgan fingerprint density at radius 1 is 1.60 bits per heavy atom. The molecule has 0 bridgehead atoms. The van der Waals surface area contributed by atoms with Crippen LogP contribution in [0.1, 0.15) is 17.0 Å². The third kappa shape index (κ3) is 1.83. The molecule has 0 aromatic carbocycles. The molecule has 0 saturated carbocycles. The number of hydrogen-bond acceptors (Lipinski definition) is 4. The van der Waals surface area contributed by atoms with Crippen LogP contribution < -0.4 is 0 Å². The second-order valence-corrected chi connectivity index (χ2v) is 3.45. The van der Waals surface area contributed by atoms with Crippen LogP contribution in [0.5, 0.6) is 0 Å². The molecule has 1 N–H and O–H groups in total. The highest BCUT2D eigenvalue weighted by molar-refractivity contribution is 5.91. The zero-order chi connectivity index (χ0) is 10.8. The summed E-state index contributed by atoms with van der Waals surface area (Å²) in [5.41, 5.74) is 0. The normalized spacial score (nSPS) is 20.5. The molecule has 0 aliphatic carbocycles. The lowest BCUT2D eigenvalue weighted by Gasteiger charge is -2.12. The maximum Gasteiger partial charge on any atom is 0.308 e. The zero-order valence-electron chi connectivity index (χ0n) is 7.92. The van der Waals surface area contributed by atoms with Crippen molar-refractivity contribution >= 4 is 11.9 Å². The summed E-state index contributed by atoms with van der Waals surface area (Å²) in [5, 5.41) is 12.2. The number of amides is 1. The number of carboxylic acids is 1. The van der Waals surface area contributed by atoms with Crippen molar-refractivity contribution in [2.75, 3.05) is 13.1 Å². The Morgan fingerprint density at radius 3 is 2.93 bits per heavy atom. The first-order valence-electron chi connectivity index (χ1n) is 4.61. The molecule has 1 saturated heterocycles. The third-order valence-electron chi connectivity index (χ3n) is 2.47. The minimum atomic E-state index is -0.858. The van der Waals surface area contributed by atoms with Crippen molar-refractivity contribution in [3.8, 4) is 0 Å². The van der Waals surface area contributed by atoms with Crippen LogP contribution in [0.2, 0.25) is 0 Å². The van der Waals surface area contributed by atoms with Crippen LogP contribution in [-0.4, -0.2) is 40.1 Å². The first-order valence-corrected chi connectivity index (χ1v) is 4.61. The fourth-order valence-corrected chi connectivity index (χ4v) is 1.63. The largest absolute Gasteiger partial charge is 0.481 e. The van der Waals surface area contributed by atoms with Crippen molar-refractivity contribution in [3.63, 3.8) is 0 Å². The van der Waals surface area contributed by atoms with Gasteiger partial charge in [0.25, 0.3) is 5.91 Å². The molecule has 2 rings (SSSR count). The van der Waals surface area contributed by atoms with E-state index in [-0.39, 0.29) is 18.2 Å². The quantitative estimate of drug-likeness (QED) is 0.754. The van der Waals surface area contributed by atoms with E-state index >= 15 is 0 Å². The summed E-state index contributed by atoms with van der Waals surface area (Å²) in [6, 6.07) is 1.47. The summed E-state index contributed by atoms with van der Waals surface area (Å²) < 4.78 is 4.71. The molecular formula is C9H10N2O4. The molecule has 80 valence electrons. The molecule has 0 spiro atoms. The van der Waals surface area contributed by atoms with Crippen LogP contribution in [0.3, 0.4) is 0 Å². The highest BCUT2D eigenvalue weighted by Gasteiger charge is 2.32. The van der Waals surface area contributed by atoms with E-state index in [1.165, 1.54) is 17.2 Å². The fourth-order valence-electron chi connectivity index (χ4n) is 1.63. The van der Waals surface area contributed by atoms with Crippen molar-refractivity contribution in [2.24, 2.45) is 5.92 Å². The van der Waals surface area contributed by atoms with E-state index in [0.717, 1.165) is 0 Å². The van der Waals surface area contributed by atoms with Crippen molar-refractivity contribution < 1.29 is 19.2 Å². The van der Waals surface area contributed by atoms with Crippen LogP contribution in [0.15, 0.2) is 16.8 Å². The van der Waals surface area contributed by atoms with Gasteiger partial charge in [-0.15, -0.1) is 0 Å². The summed E-state index contributed by atoms with van der Waals surface area (Å²) in [4.78, 5) is 23.8. The SMILES string of the molecule is O=C(O)C1CCN(C(=O)c2ccno2)C1. The highest BCUT2D eigenvalue weighted by Crippen LogP contribution is 2.18. The molecule has 1 atom stereocenters. The van der Waals surface area contributed by atoms with Gasteiger partial charge in [0.1, 0.15) is 0 Å². The molecule has 6 nitrogen and oxygen atoms in total. The minimum Gasteiger partial charge on any atom is -0.481 e. The average molecular weight is 210 g/mol. The topological polar surface area (TPSA) is 83.6 Å². The number of aliphatic carboxylic acids is 1. The first kappa shape index (κ1) is 9.70. The van der Waals surface area contributed by atoms with Crippen molar-refractivity contribution in [2.45, 2.75) is 6.42 Å². The molecule has 1 unspecified atom stereocenters. The van der Waals surface area contributed by atoms with Crippen LogP contribution in [-0.2, 0) is 4.79 Å². The lowest BCUT2D eigenvalue weighted by molar-refractivity contribution is -0.141. The lowest BCUT2D eigenvalue weighted by Crippen LogP contribution is -2.29. The molecule has 1 aromatic rings. The van der Waals surface area contributed by atoms with Gasteiger partial charge in [-0.05, 0) is 6.42 Å². The summed E-state index contributed by atoms with van der Waals surface area (Å²) in [6.07, 6.45) is 1.88. The van der Waals surface area contributed by atoms with E-state index in [1.807, 2.05) is 0 Å². The Morgan fingerprint density at radius 2 is 2.40 bits per heavy atom. The van der Waals surface area contributed by atoms with Crippen LogP contribution in [0.4, 0.5) is 0 Å². The zero-order valence-corrected chi connectivity index (χ0v) is 7.92. The van der Waals surface area contributed by atoms with Gasteiger partial charge in [-0.3, -0.25) is 9.59 Å². The molecule has 1 aliphatic heterocycles. The van der Waals surface area contributed by atoms with E-state index in [2.05, 4.69) is 5.16 Å². The predicted molar refractivity (Wildman–Crippen MR) is 48.1 cm³/mol. The maximum absolute atomic E-state index is 11.7. The number of carbonyl (C=O) groups is 2. The van der Waals surface area contributed by atoms with Crippen LogP contribution >= 0.6 is 0 Å². The number of likely N-dealkylation sites (tertiary alicyclic amines) is 1. The first-order chi connectivity index (χ1) is 7.18. The van der Waals surface area contributed by atoms with Gasteiger partial charge in [0.15, 0.2) is 0 Å². The van der Waals surface area contributed by atoms with Gasteiger partial charge >= 0.3 is 5.97 Å². The van der Waals surface area contributed by atoms with Gasteiger partial charge in [-0.25, -0.2) is 0 Å². The van der Waals surface area contributed by atoms with Crippen LogP contribution in [0, 0.1) is 5.92 Å². The number of carbonyl (C=O) groups excluding carboxylic acids is 1.